The Hall–Kier alpha value is -2.28. The average molecular weight is 315 g/mol. The van der Waals surface area contributed by atoms with Gasteiger partial charge in [0.2, 0.25) is 0 Å². The molecule has 114 valence electrons. The first-order valence-corrected chi connectivity index (χ1v) is 8.13. The number of thioether (sulfide) groups is 1. The minimum atomic E-state index is -0.149. The summed E-state index contributed by atoms with van der Waals surface area (Å²) in [7, 11) is 0. The molecule has 2 aromatic heterocycles. The number of H-pyrrole nitrogens is 1. The smallest absolute Gasteiger partial charge is 0.270 e. The average Bonchev–Trinajstić information content (AvgIpc) is 3.15. The Morgan fingerprint density at radius 3 is 2.86 bits per heavy atom. The molecule has 0 aliphatic rings. The van der Waals surface area contributed by atoms with Crippen molar-refractivity contribution in [1.82, 2.24) is 24.5 Å². The van der Waals surface area contributed by atoms with E-state index in [1.54, 1.807) is 4.57 Å². The third-order valence-electron chi connectivity index (χ3n) is 3.20. The molecule has 0 aliphatic heterocycles. The van der Waals surface area contributed by atoms with Crippen LogP contribution in [0.5, 0.6) is 0 Å². The Kier molecular flexibility index (Phi) is 4.43. The highest BCUT2D eigenvalue weighted by molar-refractivity contribution is 7.98. The number of hydrogen-bond donors (Lipinski definition) is 1. The van der Waals surface area contributed by atoms with E-state index in [2.05, 4.69) is 15.3 Å². The first-order chi connectivity index (χ1) is 10.8. The van der Waals surface area contributed by atoms with E-state index in [0.717, 1.165) is 28.6 Å². The van der Waals surface area contributed by atoms with Gasteiger partial charge in [0.05, 0.1) is 11.9 Å². The number of rotatable bonds is 6. The molecule has 0 fully saturated rings. The molecule has 0 radical (unpaired) electrons. The van der Waals surface area contributed by atoms with Crippen LogP contribution in [0.4, 0.5) is 0 Å². The summed E-state index contributed by atoms with van der Waals surface area (Å²) in [6, 6.07) is 9.97. The summed E-state index contributed by atoms with van der Waals surface area (Å²) in [4.78, 5) is 11.6. The van der Waals surface area contributed by atoms with E-state index in [9.17, 15) is 4.79 Å². The zero-order chi connectivity index (χ0) is 15.4. The summed E-state index contributed by atoms with van der Waals surface area (Å²) in [5.41, 5.74) is 1.97. The maximum absolute atomic E-state index is 11.6. The van der Waals surface area contributed by atoms with Crippen LogP contribution in [0.15, 0.2) is 52.7 Å². The van der Waals surface area contributed by atoms with Gasteiger partial charge in [-0.05, 0) is 18.6 Å². The first-order valence-electron chi connectivity index (χ1n) is 7.15. The van der Waals surface area contributed by atoms with Gasteiger partial charge in [-0.3, -0.25) is 4.57 Å². The molecule has 1 aromatic carbocycles. The van der Waals surface area contributed by atoms with E-state index in [0.29, 0.717) is 6.54 Å². The van der Waals surface area contributed by atoms with Crippen LogP contribution in [0, 0.1) is 0 Å². The number of aromatic amines is 1. The molecule has 1 N–H and O–H groups in total. The molecule has 0 unspecified atom stereocenters. The lowest BCUT2D eigenvalue weighted by Gasteiger charge is -2.02. The summed E-state index contributed by atoms with van der Waals surface area (Å²) < 4.78 is 3.52. The predicted molar refractivity (Wildman–Crippen MR) is 86.3 cm³/mol. The van der Waals surface area contributed by atoms with Gasteiger partial charge in [0.25, 0.3) is 0 Å². The van der Waals surface area contributed by atoms with Crippen LogP contribution in [0.2, 0.25) is 0 Å². The number of nitrogens with one attached hydrogen (secondary N) is 1. The van der Waals surface area contributed by atoms with Gasteiger partial charge in [-0.2, -0.15) is 5.10 Å². The standard InChI is InChI=1S/C15H17N5OS/c1-2-8-19-14(21)17-18-15(19)22-11-12-9-16-20(10-12)13-6-4-3-5-7-13/h3-7,9-10H,2,8,11H2,1H3,(H,17,21). The van der Waals surface area contributed by atoms with E-state index in [-0.39, 0.29) is 5.69 Å². The van der Waals surface area contributed by atoms with Gasteiger partial charge in [-0.15, -0.1) is 5.10 Å². The van der Waals surface area contributed by atoms with Crippen LogP contribution in [0.3, 0.4) is 0 Å². The summed E-state index contributed by atoms with van der Waals surface area (Å²) in [6.07, 6.45) is 4.74. The molecule has 6 nitrogen and oxygen atoms in total. The van der Waals surface area contributed by atoms with Crippen molar-refractivity contribution in [3.05, 3.63) is 58.8 Å². The fourth-order valence-electron chi connectivity index (χ4n) is 2.14. The van der Waals surface area contributed by atoms with Gasteiger partial charge >= 0.3 is 5.69 Å². The third-order valence-corrected chi connectivity index (χ3v) is 4.24. The number of benzene rings is 1. The number of hydrogen-bond acceptors (Lipinski definition) is 4. The van der Waals surface area contributed by atoms with E-state index in [1.807, 2.05) is 54.3 Å². The van der Waals surface area contributed by atoms with Crippen LogP contribution < -0.4 is 5.69 Å². The highest BCUT2D eigenvalue weighted by Gasteiger charge is 2.09. The second kappa shape index (κ2) is 6.65. The Morgan fingerprint density at radius 2 is 2.09 bits per heavy atom. The molecule has 3 aromatic rings. The Morgan fingerprint density at radius 1 is 1.27 bits per heavy atom. The summed E-state index contributed by atoms with van der Waals surface area (Å²) >= 11 is 1.54. The Labute approximate surface area is 132 Å². The first kappa shape index (κ1) is 14.6. The second-order valence-electron chi connectivity index (χ2n) is 4.88. The summed E-state index contributed by atoms with van der Waals surface area (Å²) in [5, 5.41) is 11.7. The highest BCUT2D eigenvalue weighted by Crippen LogP contribution is 2.20. The SMILES string of the molecule is CCCn1c(SCc2cnn(-c3ccccc3)c2)n[nH]c1=O. The maximum atomic E-state index is 11.6. The largest absolute Gasteiger partial charge is 0.343 e. The van der Waals surface area contributed by atoms with E-state index >= 15 is 0 Å². The lowest BCUT2D eigenvalue weighted by Crippen LogP contribution is -2.17. The quantitative estimate of drug-likeness (QED) is 0.710. The van der Waals surface area contributed by atoms with Gasteiger partial charge in [0.1, 0.15) is 0 Å². The molecular weight excluding hydrogens is 298 g/mol. The molecule has 0 aliphatic carbocycles. The zero-order valence-corrected chi connectivity index (χ0v) is 13.1. The molecule has 3 rings (SSSR count). The third kappa shape index (κ3) is 3.14. The van der Waals surface area contributed by atoms with Crippen molar-refractivity contribution >= 4 is 11.8 Å². The molecule has 2 heterocycles. The van der Waals surface area contributed by atoms with Crippen LogP contribution in [-0.4, -0.2) is 24.5 Å². The van der Waals surface area contributed by atoms with Crippen molar-refractivity contribution in [2.24, 2.45) is 0 Å². The van der Waals surface area contributed by atoms with Crippen molar-refractivity contribution in [3.8, 4) is 5.69 Å². The van der Waals surface area contributed by atoms with Gasteiger partial charge < -0.3 is 0 Å². The van der Waals surface area contributed by atoms with Crippen molar-refractivity contribution in [2.75, 3.05) is 0 Å². The lowest BCUT2D eigenvalue weighted by atomic mass is 10.3. The lowest BCUT2D eigenvalue weighted by molar-refractivity contribution is 0.604. The molecular formula is C15H17N5OS. The molecule has 0 saturated heterocycles. The fourth-order valence-corrected chi connectivity index (χ4v) is 3.02. The van der Waals surface area contributed by atoms with Gasteiger partial charge in [0, 0.05) is 24.1 Å². The minimum Gasteiger partial charge on any atom is -0.270 e. The predicted octanol–water partition coefficient (Wildman–Crippen LogP) is 2.46. The Bertz CT molecular complexity index is 790. The number of aromatic nitrogens is 5. The van der Waals surface area contributed by atoms with E-state index in [4.69, 9.17) is 0 Å². The molecule has 0 bridgehead atoms. The van der Waals surface area contributed by atoms with Crippen molar-refractivity contribution in [3.63, 3.8) is 0 Å². The Balaban J connectivity index is 1.70. The second-order valence-corrected chi connectivity index (χ2v) is 5.82. The molecule has 0 spiro atoms. The highest BCUT2D eigenvalue weighted by atomic mass is 32.2. The van der Waals surface area contributed by atoms with Crippen molar-refractivity contribution in [1.29, 1.82) is 0 Å². The monoisotopic (exact) mass is 315 g/mol. The maximum Gasteiger partial charge on any atom is 0.343 e. The van der Waals surface area contributed by atoms with Crippen LogP contribution in [0.1, 0.15) is 18.9 Å². The van der Waals surface area contributed by atoms with Crippen molar-refractivity contribution < 1.29 is 0 Å². The van der Waals surface area contributed by atoms with Crippen LogP contribution in [0.25, 0.3) is 5.69 Å². The van der Waals surface area contributed by atoms with Crippen molar-refractivity contribution in [2.45, 2.75) is 30.8 Å². The zero-order valence-electron chi connectivity index (χ0n) is 12.3. The van der Waals surface area contributed by atoms with E-state index in [1.165, 1.54) is 11.8 Å². The number of nitrogens with zero attached hydrogens (tertiary/aromatic N) is 4. The molecule has 0 saturated carbocycles. The summed E-state index contributed by atoms with van der Waals surface area (Å²) in [5.74, 6) is 0.723. The minimum absolute atomic E-state index is 0.149. The molecule has 0 atom stereocenters. The fraction of sp³-hybridized carbons (Fsp3) is 0.267. The van der Waals surface area contributed by atoms with Gasteiger partial charge in [0.15, 0.2) is 5.16 Å². The van der Waals surface area contributed by atoms with E-state index < -0.39 is 0 Å². The van der Waals surface area contributed by atoms with Gasteiger partial charge in [-0.25, -0.2) is 14.6 Å². The molecule has 22 heavy (non-hydrogen) atoms. The van der Waals surface area contributed by atoms with Crippen LogP contribution in [-0.2, 0) is 12.3 Å². The summed E-state index contributed by atoms with van der Waals surface area (Å²) in [6.45, 7) is 2.72. The topological polar surface area (TPSA) is 68.5 Å². The normalized spacial score (nSPS) is 11.0. The molecule has 7 heteroatoms. The number of para-hydroxylation sites is 1. The molecule has 0 amide bonds. The van der Waals surface area contributed by atoms with Gasteiger partial charge in [-0.1, -0.05) is 36.9 Å². The van der Waals surface area contributed by atoms with Crippen LogP contribution >= 0.6 is 11.8 Å².